The molecule has 5 rings (SSSR count). The van der Waals surface area contributed by atoms with Gasteiger partial charge in [0.15, 0.2) is 5.69 Å². The molecule has 0 fully saturated rings. The number of aryl methyl sites for hydroxylation is 2. The fourth-order valence-corrected chi connectivity index (χ4v) is 5.49. The highest BCUT2D eigenvalue weighted by Crippen LogP contribution is 2.36. The topological polar surface area (TPSA) is 144 Å². The van der Waals surface area contributed by atoms with Gasteiger partial charge in [0.2, 0.25) is 5.91 Å². The minimum absolute atomic E-state index is 0.0158. The van der Waals surface area contributed by atoms with Gasteiger partial charge in [-0.2, -0.15) is 4.37 Å². The number of amides is 3. The average Bonchev–Trinajstić information content (AvgIpc) is 3.36. The van der Waals surface area contributed by atoms with Crippen LogP contribution in [-0.4, -0.2) is 27.1 Å². The molecular formula is C31H28N6O3S. The molecule has 1 unspecified atom stereocenters. The Morgan fingerprint density at radius 1 is 0.976 bits per heavy atom. The highest BCUT2D eigenvalue weighted by atomic mass is 32.1. The number of anilines is 2. The van der Waals surface area contributed by atoms with Crippen LogP contribution in [0, 0.1) is 13.8 Å². The third-order valence-electron chi connectivity index (χ3n) is 6.75. The van der Waals surface area contributed by atoms with Crippen LogP contribution in [0.2, 0.25) is 0 Å². The van der Waals surface area contributed by atoms with Crippen LogP contribution >= 0.6 is 11.5 Å². The van der Waals surface area contributed by atoms with Crippen molar-refractivity contribution in [2.45, 2.75) is 26.4 Å². The lowest BCUT2D eigenvalue weighted by Crippen LogP contribution is -2.44. The van der Waals surface area contributed by atoms with Crippen molar-refractivity contribution in [2.24, 2.45) is 5.73 Å². The van der Waals surface area contributed by atoms with Gasteiger partial charge in [0.1, 0.15) is 10.9 Å². The van der Waals surface area contributed by atoms with Gasteiger partial charge in [-0.25, -0.2) is 0 Å². The first kappa shape index (κ1) is 27.5. The second-order valence-corrected chi connectivity index (χ2v) is 10.4. The summed E-state index contributed by atoms with van der Waals surface area (Å²) >= 11 is 0.773. The Bertz CT molecular complexity index is 1770. The number of nitrogens with one attached hydrogen (secondary N) is 1. The molecule has 0 aliphatic carbocycles. The molecule has 41 heavy (non-hydrogen) atoms. The zero-order valence-electron chi connectivity index (χ0n) is 22.5. The van der Waals surface area contributed by atoms with Gasteiger partial charge in [0.05, 0.1) is 11.2 Å². The van der Waals surface area contributed by atoms with Gasteiger partial charge in [0.25, 0.3) is 11.8 Å². The monoisotopic (exact) mass is 564 g/mol. The summed E-state index contributed by atoms with van der Waals surface area (Å²) in [5.41, 5.74) is 15.9. The van der Waals surface area contributed by atoms with Crippen LogP contribution in [0.3, 0.4) is 0 Å². The maximum atomic E-state index is 14.4. The zero-order valence-corrected chi connectivity index (χ0v) is 23.3. The van der Waals surface area contributed by atoms with Crippen molar-refractivity contribution in [3.05, 3.63) is 118 Å². The Hall–Kier alpha value is -5.09. The molecule has 206 valence electrons. The van der Waals surface area contributed by atoms with E-state index in [0.717, 1.165) is 39.1 Å². The summed E-state index contributed by atoms with van der Waals surface area (Å²) in [6.07, 6.45) is 1.69. The van der Waals surface area contributed by atoms with E-state index in [4.69, 9.17) is 11.5 Å². The summed E-state index contributed by atoms with van der Waals surface area (Å²) in [5.74, 6) is -1.82. The number of primary amides is 1. The van der Waals surface area contributed by atoms with Crippen molar-refractivity contribution in [1.82, 2.24) is 14.7 Å². The molecule has 2 heterocycles. The lowest BCUT2D eigenvalue weighted by atomic mass is 9.99. The second kappa shape index (κ2) is 11.6. The summed E-state index contributed by atoms with van der Waals surface area (Å²) in [6.45, 7) is 4.08. The zero-order chi connectivity index (χ0) is 29.1. The molecule has 0 aliphatic rings. The maximum Gasteiger partial charge on any atom is 0.273 e. The summed E-state index contributed by atoms with van der Waals surface area (Å²) in [7, 11) is 0. The van der Waals surface area contributed by atoms with Gasteiger partial charge >= 0.3 is 0 Å². The predicted molar refractivity (Wildman–Crippen MR) is 161 cm³/mol. The number of carbonyl (C=O) groups excluding carboxylic acids is 3. The van der Waals surface area contributed by atoms with Crippen molar-refractivity contribution in [3.63, 3.8) is 0 Å². The summed E-state index contributed by atoms with van der Waals surface area (Å²) in [6, 6.07) is 23.2. The van der Waals surface area contributed by atoms with Gasteiger partial charge in [-0.1, -0.05) is 60.2 Å². The Balaban J connectivity index is 1.68. The summed E-state index contributed by atoms with van der Waals surface area (Å²) in [4.78, 5) is 46.2. The highest BCUT2D eigenvalue weighted by Gasteiger charge is 2.36. The number of pyridine rings is 1. The van der Waals surface area contributed by atoms with Gasteiger partial charge in [-0.05, 0) is 66.3 Å². The first-order valence-electron chi connectivity index (χ1n) is 12.9. The van der Waals surface area contributed by atoms with Crippen molar-refractivity contribution in [1.29, 1.82) is 0 Å². The summed E-state index contributed by atoms with van der Waals surface area (Å²) < 4.78 is 4.03. The molecule has 0 bridgehead atoms. The number of hydrogen-bond acceptors (Lipinski definition) is 7. The van der Waals surface area contributed by atoms with Gasteiger partial charge in [0, 0.05) is 23.8 Å². The lowest BCUT2D eigenvalue weighted by Gasteiger charge is -2.32. The highest BCUT2D eigenvalue weighted by molar-refractivity contribution is 7.09. The van der Waals surface area contributed by atoms with E-state index in [0.29, 0.717) is 11.3 Å². The van der Waals surface area contributed by atoms with E-state index in [1.54, 1.807) is 18.3 Å². The van der Waals surface area contributed by atoms with E-state index in [-0.39, 0.29) is 22.8 Å². The van der Waals surface area contributed by atoms with Crippen LogP contribution in [0.25, 0.3) is 10.9 Å². The molecular weight excluding hydrogens is 536 g/mol. The molecule has 3 amide bonds. The molecule has 9 nitrogen and oxygen atoms in total. The predicted octanol–water partition coefficient (Wildman–Crippen LogP) is 4.69. The minimum atomic E-state index is -1.10. The molecule has 5 N–H and O–H groups in total. The molecule has 5 aromatic rings. The Labute approximate surface area is 241 Å². The van der Waals surface area contributed by atoms with Crippen molar-refractivity contribution >= 4 is 51.5 Å². The van der Waals surface area contributed by atoms with E-state index in [2.05, 4.69) is 14.7 Å². The number of carbonyl (C=O) groups is 3. The van der Waals surface area contributed by atoms with Crippen LogP contribution in [-0.2, 0) is 11.3 Å². The number of hydrogen-bond donors (Lipinski definition) is 3. The molecule has 0 aliphatic heterocycles. The standard InChI is InChI=1S/C31H28N6O3S/c1-18-10-13-24(19(2)15-18)37(31(40)28-25(32)26(29(33)38)36-41-28)27(30(39)35-17-20-7-4-3-5-8-20)22-11-12-23-21(16-22)9-6-14-34-23/h3-16,27H,17,32H2,1-2H3,(H2,33,38)(H,35,39). The average molecular weight is 565 g/mol. The first-order valence-corrected chi connectivity index (χ1v) is 13.6. The van der Waals surface area contributed by atoms with Crippen molar-refractivity contribution in [2.75, 3.05) is 10.6 Å². The van der Waals surface area contributed by atoms with Crippen LogP contribution in [0.4, 0.5) is 11.4 Å². The van der Waals surface area contributed by atoms with Gasteiger partial charge in [-0.3, -0.25) is 24.3 Å². The fraction of sp³-hybridized carbons (Fsp3) is 0.129. The molecule has 0 spiro atoms. The van der Waals surface area contributed by atoms with Crippen LogP contribution < -0.4 is 21.7 Å². The number of fused-ring (bicyclic) bond motifs is 1. The SMILES string of the molecule is Cc1ccc(N(C(=O)c2snc(C(N)=O)c2N)C(C(=O)NCc2ccccc2)c2ccc3ncccc3c2)c(C)c1. The van der Waals surface area contributed by atoms with E-state index in [9.17, 15) is 14.4 Å². The smallest absolute Gasteiger partial charge is 0.273 e. The van der Waals surface area contributed by atoms with Crippen LogP contribution in [0.15, 0.2) is 85.1 Å². The van der Waals surface area contributed by atoms with E-state index >= 15 is 0 Å². The molecule has 0 saturated carbocycles. The number of rotatable bonds is 8. The maximum absolute atomic E-state index is 14.4. The number of benzene rings is 3. The van der Waals surface area contributed by atoms with Crippen LogP contribution in [0.1, 0.15) is 48.5 Å². The Kier molecular flexibility index (Phi) is 7.75. The van der Waals surface area contributed by atoms with Gasteiger partial charge in [-0.15, -0.1) is 0 Å². The molecule has 10 heteroatoms. The van der Waals surface area contributed by atoms with E-state index in [1.807, 2.05) is 80.6 Å². The first-order chi connectivity index (χ1) is 19.7. The number of aromatic nitrogens is 2. The molecule has 2 aromatic heterocycles. The van der Waals surface area contributed by atoms with Crippen LogP contribution in [0.5, 0.6) is 0 Å². The Morgan fingerprint density at radius 2 is 1.76 bits per heavy atom. The van der Waals surface area contributed by atoms with E-state index < -0.39 is 23.8 Å². The second-order valence-electron chi connectivity index (χ2n) is 9.66. The fourth-order valence-electron chi connectivity index (χ4n) is 4.74. The summed E-state index contributed by atoms with van der Waals surface area (Å²) in [5, 5.41) is 3.82. The third kappa shape index (κ3) is 5.64. The van der Waals surface area contributed by atoms with Gasteiger partial charge < -0.3 is 16.8 Å². The van der Waals surface area contributed by atoms with Crippen molar-refractivity contribution in [3.8, 4) is 0 Å². The minimum Gasteiger partial charge on any atom is -0.395 e. The molecule has 0 saturated heterocycles. The normalized spacial score (nSPS) is 11.7. The van der Waals surface area contributed by atoms with Crippen molar-refractivity contribution < 1.29 is 14.4 Å². The van der Waals surface area contributed by atoms with E-state index in [1.165, 1.54) is 4.90 Å². The number of nitrogens with zero attached hydrogens (tertiary/aromatic N) is 3. The number of nitrogens with two attached hydrogens (primary N) is 2. The third-order valence-corrected chi connectivity index (χ3v) is 7.60. The number of nitrogen functional groups attached to an aromatic ring is 1. The largest absolute Gasteiger partial charge is 0.395 e. The Morgan fingerprint density at radius 3 is 2.46 bits per heavy atom. The molecule has 1 atom stereocenters. The molecule has 3 aromatic carbocycles. The lowest BCUT2D eigenvalue weighted by molar-refractivity contribution is -0.122. The molecule has 0 radical (unpaired) electrons. The quantitative estimate of drug-likeness (QED) is 0.249.